The van der Waals surface area contributed by atoms with Gasteiger partial charge in [0.25, 0.3) is 5.91 Å². The van der Waals surface area contributed by atoms with Gasteiger partial charge in [0.2, 0.25) is 0 Å². The molecule has 0 unspecified atom stereocenters. The first kappa shape index (κ1) is 18.1. The second-order valence-corrected chi connectivity index (χ2v) is 7.19. The van der Waals surface area contributed by atoms with Crippen molar-refractivity contribution in [2.75, 3.05) is 5.32 Å². The maximum Gasteiger partial charge on any atom is 0.259 e. The van der Waals surface area contributed by atoms with Crippen LogP contribution in [-0.4, -0.2) is 20.4 Å². The van der Waals surface area contributed by atoms with E-state index in [0.29, 0.717) is 10.7 Å². The molecule has 3 heterocycles. The first-order chi connectivity index (χ1) is 13.5. The van der Waals surface area contributed by atoms with E-state index in [1.807, 2.05) is 25.3 Å². The van der Waals surface area contributed by atoms with Gasteiger partial charge in [0.1, 0.15) is 5.82 Å². The largest absolute Gasteiger partial charge is 0.318 e. The first-order valence-electron chi connectivity index (χ1n) is 8.65. The van der Waals surface area contributed by atoms with Crippen LogP contribution in [0, 0.1) is 19.7 Å². The normalized spacial score (nSPS) is 10.8. The van der Waals surface area contributed by atoms with Gasteiger partial charge in [0.05, 0.1) is 11.3 Å². The third-order valence-corrected chi connectivity index (χ3v) is 5.20. The molecule has 7 heteroatoms. The van der Waals surface area contributed by atoms with E-state index >= 15 is 0 Å². The van der Waals surface area contributed by atoms with Crippen LogP contribution in [0.15, 0.2) is 60.2 Å². The molecule has 140 valence electrons. The maximum atomic E-state index is 13.2. The molecule has 0 aliphatic carbocycles. The van der Waals surface area contributed by atoms with Crippen molar-refractivity contribution < 1.29 is 9.18 Å². The molecular formula is C21H17FN4OS. The SMILES string of the molecule is Cc1cc(-c2csc(NC(=O)c3cccnc3)n2)c(C)n1-c1ccc(F)cc1. The number of rotatable bonds is 4. The lowest BCUT2D eigenvalue weighted by atomic mass is 10.2. The number of benzene rings is 1. The van der Waals surface area contributed by atoms with Gasteiger partial charge in [-0.1, -0.05) is 0 Å². The van der Waals surface area contributed by atoms with Crippen LogP contribution < -0.4 is 5.32 Å². The number of carbonyl (C=O) groups excluding carboxylic acids is 1. The molecule has 0 atom stereocenters. The van der Waals surface area contributed by atoms with Gasteiger partial charge < -0.3 is 4.57 Å². The van der Waals surface area contributed by atoms with E-state index in [4.69, 9.17) is 0 Å². The fourth-order valence-electron chi connectivity index (χ4n) is 3.13. The molecule has 0 aliphatic rings. The molecule has 28 heavy (non-hydrogen) atoms. The number of aryl methyl sites for hydroxylation is 1. The predicted octanol–water partition coefficient (Wildman–Crippen LogP) is 5.00. The van der Waals surface area contributed by atoms with Crippen molar-refractivity contribution in [2.24, 2.45) is 0 Å². The van der Waals surface area contributed by atoms with E-state index in [1.165, 1.54) is 29.7 Å². The lowest BCUT2D eigenvalue weighted by Crippen LogP contribution is -2.11. The van der Waals surface area contributed by atoms with E-state index in [-0.39, 0.29) is 11.7 Å². The standard InChI is InChI=1S/C21H17FN4OS/c1-13-10-18(14(2)26(13)17-7-5-16(22)6-8-17)19-12-28-21(24-19)25-20(27)15-4-3-9-23-11-15/h3-12H,1-2H3,(H,24,25,27). The second kappa shape index (κ2) is 7.36. The van der Waals surface area contributed by atoms with Crippen molar-refractivity contribution in [3.63, 3.8) is 0 Å². The van der Waals surface area contributed by atoms with Crippen molar-refractivity contribution in [3.05, 3.63) is 83.0 Å². The Balaban J connectivity index is 1.61. The Labute approximate surface area is 165 Å². The summed E-state index contributed by atoms with van der Waals surface area (Å²) in [6.07, 6.45) is 3.13. The van der Waals surface area contributed by atoms with E-state index in [0.717, 1.165) is 28.3 Å². The monoisotopic (exact) mass is 392 g/mol. The molecule has 1 aromatic carbocycles. The Kier molecular flexibility index (Phi) is 4.75. The molecule has 3 aromatic heterocycles. The van der Waals surface area contributed by atoms with E-state index in [2.05, 4.69) is 19.9 Å². The third-order valence-electron chi connectivity index (χ3n) is 4.44. The van der Waals surface area contributed by atoms with Gasteiger partial charge in [-0.3, -0.25) is 15.1 Å². The van der Waals surface area contributed by atoms with Crippen LogP contribution >= 0.6 is 11.3 Å². The Morgan fingerprint density at radius 2 is 1.96 bits per heavy atom. The summed E-state index contributed by atoms with van der Waals surface area (Å²) < 4.78 is 15.3. The Morgan fingerprint density at radius 3 is 2.68 bits per heavy atom. The van der Waals surface area contributed by atoms with Gasteiger partial charge in [-0.25, -0.2) is 9.37 Å². The molecule has 0 aliphatic heterocycles. The van der Waals surface area contributed by atoms with Gasteiger partial charge in [-0.15, -0.1) is 11.3 Å². The minimum absolute atomic E-state index is 0.245. The summed E-state index contributed by atoms with van der Waals surface area (Å²) in [5.41, 5.74) is 5.15. The average Bonchev–Trinajstić information content (AvgIpc) is 3.27. The highest BCUT2D eigenvalue weighted by molar-refractivity contribution is 7.14. The van der Waals surface area contributed by atoms with Crippen LogP contribution in [0.3, 0.4) is 0 Å². The molecule has 0 radical (unpaired) electrons. The fraction of sp³-hybridized carbons (Fsp3) is 0.0952. The smallest absolute Gasteiger partial charge is 0.259 e. The van der Waals surface area contributed by atoms with Gasteiger partial charge in [-0.05, 0) is 56.3 Å². The van der Waals surface area contributed by atoms with Crippen molar-refractivity contribution in [1.29, 1.82) is 0 Å². The summed E-state index contributed by atoms with van der Waals surface area (Å²) in [5.74, 6) is -0.509. The minimum Gasteiger partial charge on any atom is -0.318 e. The zero-order valence-corrected chi connectivity index (χ0v) is 16.1. The van der Waals surface area contributed by atoms with Crippen LogP contribution in [0.2, 0.25) is 0 Å². The number of carbonyl (C=O) groups is 1. The number of halogens is 1. The van der Waals surface area contributed by atoms with Crippen LogP contribution in [0.25, 0.3) is 16.9 Å². The Morgan fingerprint density at radius 1 is 1.18 bits per heavy atom. The summed E-state index contributed by atoms with van der Waals surface area (Å²) in [4.78, 5) is 20.8. The molecule has 1 amide bonds. The number of pyridine rings is 1. The summed E-state index contributed by atoms with van der Waals surface area (Å²) in [6.45, 7) is 4.00. The highest BCUT2D eigenvalue weighted by Crippen LogP contribution is 2.31. The average molecular weight is 392 g/mol. The van der Waals surface area contributed by atoms with Gasteiger partial charge in [0.15, 0.2) is 5.13 Å². The number of hydrogen-bond donors (Lipinski definition) is 1. The Hall–Kier alpha value is -3.32. The number of anilines is 1. The van der Waals surface area contributed by atoms with E-state index in [1.54, 1.807) is 30.5 Å². The zero-order chi connectivity index (χ0) is 19.7. The molecule has 4 rings (SSSR count). The van der Waals surface area contributed by atoms with Crippen LogP contribution in [0.1, 0.15) is 21.7 Å². The van der Waals surface area contributed by atoms with Crippen molar-refractivity contribution >= 4 is 22.4 Å². The molecule has 0 spiro atoms. The van der Waals surface area contributed by atoms with Gasteiger partial charge in [-0.2, -0.15) is 0 Å². The van der Waals surface area contributed by atoms with Crippen molar-refractivity contribution in [1.82, 2.24) is 14.5 Å². The van der Waals surface area contributed by atoms with Crippen molar-refractivity contribution in [3.8, 4) is 16.9 Å². The summed E-state index contributed by atoms with van der Waals surface area (Å²) in [6, 6.07) is 11.9. The summed E-state index contributed by atoms with van der Waals surface area (Å²) >= 11 is 1.37. The topological polar surface area (TPSA) is 59.8 Å². The maximum absolute atomic E-state index is 13.2. The third kappa shape index (κ3) is 3.44. The number of aromatic nitrogens is 3. The number of hydrogen-bond acceptors (Lipinski definition) is 4. The molecule has 1 N–H and O–H groups in total. The highest BCUT2D eigenvalue weighted by Gasteiger charge is 2.16. The molecule has 0 saturated heterocycles. The number of amides is 1. The number of nitrogens with one attached hydrogen (secondary N) is 1. The molecular weight excluding hydrogens is 375 g/mol. The summed E-state index contributed by atoms with van der Waals surface area (Å²) in [7, 11) is 0. The van der Waals surface area contributed by atoms with Gasteiger partial charge in [0, 0.05) is 40.4 Å². The van der Waals surface area contributed by atoms with Crippen LogP contribution in [-0.2, 0) is 0 Å². The number of thiazole rings is 1. The highest BCUT2D eigenvalue weighted by atomic mass is 32.1. The number of nitrogens with zero attached hydrogens (tertiary/aromatic N) is 3. The lowest BCUT2D eigenvalue weighted by molar-refractivity contribution is 0.102. The van der Waals surface area contributed by atoms with E-state index < -0.39 is 0 Å². The van der Waals surface area contributed by atoms with Gasteiger partial charge >= 0.3 is 0 Å². The Bertz CT molecular complexity index is 1130. The van der Waals surface area contributed by atoms with E-state index in [9.17, 15) is 9.18 Å². The molecule has 0 saturated carbocycles. The molecule has 5 nitrogen and oxygen atoms in total. The fourth-order valence-corrected chi connectivity index (χ4v) is 3.84. The molecule has 0 fully saturated rings. The van der Waals surface area contributed by atoms with Crippen LogP contribution in [0.4, 0.5) is 9.52 Å². The zero-order valence-electron chi connectivity index (χ0n) is 15.3. The predicted molar refractivity (Wildman–Crippen MR) is 108 cm³/mol. The molecule has 4 aromatic rings. The second-order valence-electron chi connectivity index (χ2n) is 6.33. The lowest BCUT2D eigenvalue weighted by Gasteiger charge is -2.09. The summed E-state index contributed by atoms with van der Waals surface area (Å²) in [5, 5.41) is 5.24. The minimum atomic E-state index is -0.264. The van der Waals surface area contributed by atoms with Crippen LogP contribution in [0.5, 0.6) is 0 Å². The first-order valence-corrected chi connectivity index (χ1v) is 9.53. The quantitative estimate of drug-likeness (QED) is 0.531. The van der Waals surface area contributed by atoms with Crippen molar-refractivity contribution in [2.45, 2.75) is 13.8 Å². The molecule has 0 bridgehead atoms.